The smallest absolute Gasteiger partial charge is 0.325 e. The summed E-state index contributed by atoms with van der Waals surface area (Å²) in [5.74, 6) is 0.820. The number of nitrogens with zero attached hydrogens (tertiary/aromatic N) is 1. The van der Waals surface area contributed by atoms with Gasteiger partial charge in [-0.05, 0) is 74.1 Å². The summed E-state index contributed by atoms with van der Waals surface area (Å²) in [6.45, 7) is 0.677. The zero-order valence-electron chi connectivity index (χ0n) is 18.4. The van der Waals surface area contributed by atoms with E-state index in [1.54, 1.807) is 11.3 Å². The molecule has 0 saturated heterocycles. The summed E-state index contributed by atoms with van der Waals surface area (Å²) in [6.07, 6.45) is 7.32. The van der Waals surface area contributed by atoms with Crippen molar-refractivity contribution in [1.29, 1.82) is 0 Å². The lowest BCUT2D eigenvalue weighted by molar-refractivity contribution is 0.305. The number of pyridine rings is 1. The van der Waals surface area contributed by atoms with Crippen LogP contribution >= 0.6 is 18.9 Å². The molecule has 3 rings (SSSR count). The topological polar surface area (TPSA) is 79.7 Å². The van der Waals surface area contributed by atoms with Crippen molar-refractivity contribution < 1.29 is 19.1 Å². The van der Waals surface area contributed by atoms with Crippen LogP contribution in [0.15, 0.2) is 60.0 Å². The van der Waals surface area contributed by atoms with Gasteiger partial charge in [-0.25, -0.2) is 4.98 Å². The zero-order valence-corrected chi connectivity index (χ0v) is 20.1. The quantitative estimate of drug-likeness (QED) is 0.207. The van der Waals surface area contributed by atoms with E-state index in [9.17, 15) is 4.57 Å². The Morgan fingerprint density at radius 3 is 2.38 bits per heavy atom. The second-order valence-electron chi connectivity index (χ2n) is 7.97. The predicted octanol–water partition coefficient (Wildman–Crippen LogP) is 6.49. The molecule has 0 unspecified atom stereocenters. The molecule has 1 aromatic carbocycles. The molecule has 5 nitrogen and oxygen atoms in total. The molecule has 2 aromatic heterocycles. The Morgan fingerprint density at radius 1 is 0.844 bits per heavy atom. The van der Waals surface area contributed by atoms with Crippen LogP contribution < -0.4 is 4.74 Å². The van der Waals surface area contributed by atoms with Crippen LogP contribution in [0.1, 0.15) is 49.8 Å². The molecule has 0 amide bonds. The highest BCUT2D eigenvalue weighted by Gasteiger charge is 2.13. The van der Waals surface area contributed by atoms with Gasteiger partial charge in [0.25, 0.3) is 0 Å². The van der Waals surface area contributed by atoms with Crippen LogP contribution in [-0.4, -0.2) is 27.5 Å². The highest BCUT2D eigenvalue weighted by molar-refractivity contribution is 7.51. The van der Waals surface area contributed by atoms with E-state index >= 15 is 0 Å². The van der Waals surface area contributed by atoms with E-state index in [-0.39, 0.29) is 6.16 Å². The highest BCUT2D eigenvalue weighted by atomic mass is 32.1. The van der Waals surface area contributed by atoms with Gasteiger partial charge in [-0.3, -0.25) is 4.57 Å². The Kier molecular flexibility index (Phi) is 9.94. The Labute approximate surface area is 194 Å². The number of ether oxygens (including phenoxy) is 1. The molecule has 172 valence electrons. The summed E-state index contributed by atoms with van der Waals surface area (Å²) in [4.78, 5) is 23.9. The number of unbranched alkanes of at least 4 members (excludes halogenated alkanes) is 4. The van der Waals surface area contributed by atoms with Crippen LogP contribution in [0.2, 0.25) is 0 Å². The minimum atomic E-state index is -3.89. The number of hydrogen-bond acceptors (Lipinski definition) is 4. The molecule has 32 heavy (non-hydrogen) atoms. The Bertz CT molecular complexity index is 973. The first-order valence-corrected chi connectivity index (χ1v) is 13.9. The average Bonchev–Trinajstić information content (AvgIpc) is 3.31. The lowest BCUT2D eigenvalue weighted by atomic mass is 10.1. The fourth-order valence-electron chi connectivity index (χ4n) is 3.57. The second kappa shape index (κ2) is 12.9. The Morgan fingerprint density at radius 2 is 1.62 bits per heavy atom. The van der Waals surface area contributed by atoms with Crippen molar-refractivity contribution in [2.45, 2.75) is 51.4 Å². The first-order chi connectivity index (χ1) is 15.5. The third-order valence-electron chi connectivity index (χ3n) is 5.26. The van der Waals surface area contributed by atoms with Gasteiger partial charge in [0, 0.05) is 11.9 Å². The van der Waals surface area contributed by atoms with E-state index < -0.39 is 7.60 Å². The van der Waals surface area contributed by atoms with Crippen LogP contribution in [0.25, 0.3) is 10.6 Å². The normalized spacial score (nSPS) is 11.6. The van der Waals surface area contributed by atoms with Crippen molar-refractivity contribution in [2.75, 3.05) is 12.8 Å². The van der Waals surface area contributed by atoms with Crippen molar-refractivity contribution in [2.24, 2.45) is 0 Å². The molecular weight excluding hydrogens is 441 g/mol. The van der Waals surface area contributed by atoms with Gasteiger partial charge in [0.15, 0.2) is 0 Å². The molecule has 0 bridgehead atoms. The van der Waals surface area contributed by atoms with Crippen LogP contribution in [0.5, 0.6) is 5.75 Å². The van der Waals surface area contributed by atoms with E-state index in [1.165, 1.54) is 5.56 Å². The first-order valence-electron chi connectivity index (χ1n) is 11.3. The lowest BCUT2D eigenvalue weighted by Gasteiger charge is -2.12. The molecule has 2 heterocycles. The molecule has 0 aliphatic heterocycles. The van der Waals surface area contributed by atoms with Crippen molar-refractivity contribution in [1.82, 2.24) is 4.98 Å². The fraction of sp³-hybridized carbons (Fsp3) is 0.400. The minimum absolute atomic E-state index is 0.0427. The standard InChI is InChI=1S/C25H32NO4PS/c27-31(28,29)19-9-3-7-14-22-16-17-23(25(26-22)24-15-10-20-32-24)30-18-8-2-6-13-21-11-4-1-5-12-21/h1,4-5,10-12,15-17,20H,2-3,6-9,13-14,18-19H2,(H2,27,28,29). The van der Waals surface area contributed by atoms with Gasteiger partial charge in [-0.15, -0.1) is 11.3 Å². The van der Waals surface area contributed by atoms with Crippen molar-refractivity contribution >= 4 is 18.9 Å². The second-order valence-corrected chi connectivity index (χ2v) is 10.7. The van der Waals surface area contributed by atoms with E-state index in [0.717, 1.165) is 67.0 Å². The molecule has 3 aromatic rings. The molecule has 0 aliphatic carbocycles. The molecular formula is C25H32NO4PS. The van der Waals surface area contributed by atoms with E-state index in [4.69, 9.17) is 19.5 Å². The fourth-order valence-corrected chi connectivity index (χ4v) is 4.92. The predicted molar refractivity (Wildman–Crippen MR) is 132 cm³/mol. The van der Waals surface area contributed by atoms with Crippen LogP contribution in [0.3, 0.4) is 0 Å². The van der Waals surface area contributed by atoms with Crippen molar-refractivity contribution in [3.63, 3.8) is 0 Å². The van der Waals surface area contributed by atoms with E-state index in [1.807, 2.05) is 29.6 Å². The van der Waals surface area contributed by atoms with Crippen LogP contribution in [0.4, 0.5) is 0 Å². The average molecular weight is 474 g/mol. The summed E-state index contributed by atoms with van der Waals surface area (Å²) in [5, 5.41) is 2.04. The molecule has 0 aliphatic rings. The SMILES string of the molecule is O=P(O)(O)CCCCCc1ccc(OCCCCCc2ccccc2)c(-c2cccs2)n1. The van der Waals surface area contributed by atoms with Crippen LogP contribution in [0, 0.1) is 0 Å². The number of thiophene rings is 1. The molecule has 0 saturated carbocycles. The maximum absolute atomic E-state index is 11.0. The molecule has 2 N–H and O–H groups in total. The maximum atomic E-state index is 11.0. The third-order valence-corrected chi connectivity index (χ3v) is 7.04. The Balaban J connectivity index is 1.47. The van der Waals surface area contributed by atoms with Gasteiger partial charge in [0.1, 0.15) is 11.4 Å². The molecule has 0 radical (unpaired) electrons. The van der Waals surface area contributed by atoms with Crippen molar-refractivity contribution in [3.05, 3.63) is 71.2 Å². The summed E-state index contributed by atoms with van der Waals surface area (Å²) in [5.41, 5.74) is 3.26. The van der Waals surface area contributed by atoms with Gasteiger partial charge in [0.2, 0.25) is 0 Å². The summed E-state index contributed by atoms with van der Waals surface area (Å²) < 4.78 is 17.1. The first kappa shape index (κ1) is 24.7. The molecule has 0 atom stereocenters. The maximum Gasteiger partial charge on any atom is 0.325 e. The summed E-state index contributed by atoms with van der Waals surface area (Å²) in [6, 6.07) is 18.7. The van der Waals surface area contributed by atoms with Crippen molar-refractivity contribution in [3.8, 4) is 16.3 Å². The molecule has 0 fully saturated rings. The van der Waals surface area contributed by atoms with E-state index in [0.29, 0.717) is 13.0 Å². The molecule has 0 spiro atoms. The number of benzene rings is 1. The minimum Gasteiger partial charge on any atom is -0.491 e. The Hall–Kier alpha value is -1.98. The monoisotopic (exact) mass is 473 g/mol. The number of aromatic nitrogens is 1. The van der Waals surface area contributed by atoms with Gasteiger partial charge >= 0.3 is 7.60 Å². The van der Waals surface area contributed by atoms with Crippen LogP contribution in [-0.2, 0) is 17.4 Å². The van der Waals surface area contributed by atoms with Gasteiger partial charge in [-0.1, -0.05) is 42.8 Å². The largest absolute Gasteiger partial charge is 0.491 e. The third kappa shape index (κ3) is 8.87. The van der Waals surface area contributed by atoms with Gasteiger partial charge in [-0.2, -0.15) is 0 Å². The van der Waals surface area contributed by atoms with Gasteiger partial charge < -0.3 is 14.5 Å². The lowest BCUT2D eigenvalue weighted by Crippen LogP contribution is -2.02. The summed E-state index contributed by atoms with van der Waals surface area (Å²) in [7, 11) is -3.89. The number of hydrogen-bond donors (Lipinski definition) is 2. The van der Waals surface area contributed by atoms with Gasteiger partial charge in [0.05, 0.1) is 11.5 Å². The number of aryl methyl sites for hydroxylation is 2. The molecule has 7 heteroatoms. The number of rotatable bonds is 14. The highest BCUT2D eigenvalue weighted by Crippen LogP contribution is 2.36. The zero-order chi connectivity index (χ0) is 22.7. The summed E-state index contributed by atoms with van der Waals surface area (Å²) >= 11 is 1.65. The van der Waals surface area contributed by atoms with E-state index in [2.05, 4.69) is 30.3 Å².